The topological polar surface area (TPSA) is 34.2 Å². The quantitative estimate of drug-likeness (QED) is 0.230. The van der Waals surface area contributed by atoms with Gasteiger partial charge in [-0.05, 0) is 95.6 Å². The number of benzene rings is 4. The third kappa shape index (κ3) is 5.14. The molecule has 1 heterocycles. The van der Waals surface area contributed by atoms with Gasteiger partial charge < -0.3 is 24.0 Å². The Kier molecular flexibility index (Phi) is 7.42. The van der Waals surface area contributed by atoms with Crippen molar-refractivity contribution in [3.8, 4) is 34.1 Å². The molecule has 0 saturated heterocycles. The van der Waals surface area contributed by atoms with E-state index in [1.165, 1.54) is 11.4 Å². The Bertz CT molecular complexity index is 1450. The summed E-state index contributed by atoms with van der Waals surface area (Å²) in [6.45, 7) is 13.0. The van der Waals surface area contributed by atoms with Gasteiger partial charge in [0, 0.05) is 18.2 Å². The fourth-order valence-electron chi connectivity index (χ4n) is 5.35. The molecule has 0 atom stereocenters. The van der Waals surface area contributed by atoms with E-state index in [0.29, 0.717) is 0 Å². The molecule has 0 fully saturated rings. The zero-order chi connectivity index (χ0) is 27.7. The fraction of sp³-hybridized carbons (Fsp3) is 0.294. The number of hydrogen-bond acceptors (Lipinski definition) is 5. The van der Waals surface area contributed by atoms with Crippen molar-refractivity contribution in [3.05, 3.63) is 84.9 Å². The van der Waals surface area contributed by atoms with Gasteiger partial charge in [-0.1, -0.05) is 30.3 Å². The summed E-state index contributed by atoms with van der Waals surface area (Å²) in [4.78, 5) is 4.82. The predicted octanol–water partition coefficient (Wildman–Crippen LogP) is 9.35. The number of methoxy groups -OCH3 is 1. The zero-order valence-corrected chi connectivity index (χ0v) is 23.9. The summed E-state index contributed by atoms with van der Waals surface area (Å²) in [5.74, 6) is 3.24. The lowest BCUT2D eigenvalue weighted by Gasteiger charge is -2.44. The smallest absolute Gasteiger partial charge is 0.131 e. The number of anilines is 4. The SMILES string of the molecule is COc1cccc(OC(C)C)c1-c1ccc2c(c1)N(C(C)C)c1cc(Oc3ccccc3)ccc1N2C(C)C. The molecule has 5 rings (SSSR count). The Hall–Kier alpha value is -4.12. The van der Waals surface area contributed by atoms with E-state index < -0.39 is 0 Å². The standard InChI is InChI=1S/C34H38N2O3/c1-22(2)35-28-18-16-25(34-32(37-7)14-11-15-33(34)38-24(5)6)20-30(28)36(23(3)4)31-21-27(17-19-29(31)35)39-26-12-9-8-10-13-26/h8-24H,1-7H3. The van der Waals surface area contributed by atoms with Crippen LogP contribution in [-0.4, -0.2) is 25.3 Å². The maximum atomic E-state index is 6.25. The molecule has 0 aliphatic carbocycles. The van der Waals surface area contributed by atoms with Crippen molar-refractivity contribution in [3.63, 3.8) is 0 Å². The lowest BCUT2D eigenvalue weighted by atomic mass is 9.97. The van der Waals surface area contributed by atoms with Crippen LogP contribution in [0.15, 0.2) is 84.9 Å². The summed E-state index contributed by atoms with van der Waals surface area (Å²) in [6, 6.07) is 29.4. The minimum absolute atomic E-state index is 0.0481. The van der Waals surface area contributed by atoms with Crippen LogP contribution in [0.1, 0.15) is 41.5 Å². The number of para-hydroxylation sites is 1. The third-order valence-corrected chi connectivity index (χ3v) is 6.83. The van der Waals surface area contributed by atoms with Crippen LogP contribution >= 0.6 is 0 Å². The van der Waals surface area contributed by atoms with Crippen LogP contribution in [0.25, 0.3) is 11.1 Å². The molecular formula is C34H38N2O3. The van der Waals surface area contributed by atoms with Gasteiger partial charge >= 0.3 is 0 Å². The first-order chi connectivity index (χ1) is 18.8. The van der Waals surface area contributed by atoms with Gasteiger partial charge in [-0.25, -0.2) is 0 Å². The fourth-order valence-corrected chi connectivity index (χ4v) is 5.35. The molecule has 1 aliphatic rings. The van der Waals surface area contributed by atoms with Gasteiger partial charge in [0.25, 0.3) is 0 Å². The van der Waals surface area contributed by atoms with Crippen molar-refractivity contribution in [2.24, 2.45) is 0 Å². The number of fused-ring (bicyclic) bond motifs is 2. The average Bonchev–Trinajstić information content (AvgIpc) is 2.91. The predicted molar refractivity (Wildman–Crippen MR) is 162 cm³/mol. The second-order valence-corrected chi connectivity index (χ2v) is 10.7. The van der Waals surface area contributed by atoms with Crippen molar-refractivity contribution in [1.29, 1.82) is 0 Å². The maximum absolute atomic E-state index is 6.25. The maximum Gasteiger partial charge on any atom is 0.131 e. The molecule has 0 N–H and O–H groups in total. The highest BCUT2D eigenvalue weighted by Crippen LogP contribution is 2.53. The van der Waals surface area contributed by atoms with Gasteiger partial charge in [0.2, 0.25) is 0 Å². The highest BCUT2D eigenvalue weighted by molar-refractivity contribution is 5.96. The van der Waals surface area contributed by atoms with Gasteiger partial charge in [0.15, 0.2) is 0 Å². The molecule has 5 nitrogen and oxygen atoms in total. The van der Waals surface area contributed by atoms with E-state index in [-0.39, 0.29) is 18.2 Å². The first kappa shape index (κ1) is 26.5. The molecule has 5 heteroatoms. The zero-order valence-electron chi connectivity index (χ0n) is 23.9. The normalized spacial score (nSPS) is 12.6. The van der Waals surface area contributed by atoms with E-state index in [2.05, 4.69) is 73.9 Å². The Balaban J connectivity index is 1.67. The van der Waals surface area contributed by atoms with Crippen LogP contribution in [0, 0.1) is 0 Å². The number of ether oxygens (including phenoxy) is 3. The Morgan fingerprint density at radius 3 is 1.82 bits per heavy atom. The summed E-state index contributed by atoms with van der Waals surface area (Å²) < 4.78 is 18.3. The largest absolute Gasteiger partial charge is 0.496 e. The molecule has 39 heavy (non-hydrogen) atoms. The van der Waals surface area contributed by atoms with Crippen molar-refractivity contribution in [1.82, 2.24) is 0 Å². The molecular weight excluding hydrogens is 484 g/mol. The van der Waals surface area contributed by atoms with Crippen molar-refractivity contribution in [2.45, 2.75) is 59.7 Å². The first-order valence-electron chi connectivity index (χ1n) is 13.7. The number of nitrogens with zero attached hydrogens (tertiary/aromatic N) is 2. The Labute approximate surface area is 232 Å². The van der Waals surface area contributed by atoms with Gasteiger partial charge in [-0.3, -0.25) is 0 Å². The molecule has 0 saturated carbocycles. The molecule has 4 aromatic carbocycles. The molecule has 0 radical (unpaired) electrons. The second-order valence-electron chi connectivity index (χ2n) is 10.7. The van der Waals surface area contributed by atoms with E-state index in [9.17, 15) is 0 Å². The van der Waals surface area contributed by atoms with Crippen molar-refractivity contribution in [2.75, 3.05) is 16.9 Å². The minimum Gasteiger partial charge on any atom is -0.496 e. The van der Waals surface area contributed by atoms with Crippen LogP contribution < -0.4 is 24.0 Å². The summed E-state index contributed by atoms with van der Waals surface area (Å²) in [6.07, 6.45) is 0.0481. The van der Waals surface area contributed by atoms with Gasteiger partial charge in [-0.15, -0.1) is 0 Å². The number of rotatable bonds is 8. The van der Waals surface area contributed by atoms with Crippen molar-refractivity contribution < 1.29 is 14.2 Å². The lowest BCUT2D eigenvalue weighted by molar-refractivity contribution is 0.242. The summed E-state index contributed by atoms with van der Waals surface area (Å²) >= 11 is 0. The van der Waals surface area contributed by atoms with Crippen LogP contribution in [-0.2, 0) is 0 Å². The molecule has 0 unspecified atom stereocenters. The molecule has 4 aromatic rings. The first-order valence-corrected chi connectivity index (χ1v) is 13.7. The van der Waals surface area contributed by atoms with E-state index >= 15 is 0 Å². The third-order valence-electron chi connectivity index (χ3n) is 6.83. The monoisotopic (exact) mass is 522 g/mol. The highest BCUT2D eigenvalue weighted by atomic mass is 16.5. The van der Waals surface area contributed by atoms with E-state index in [0.717, 1.165) is 45.5 Å². The van der Waals surface area contributed by atoms with Gasteiger partial charge in [0.1, 0.15) is 23.0 Å². The highest BCUT2D eigenvalue weighted by Gasteiger charge is 2.32. The van der Waals surface area contributed by atoms with E-state index in [1.807, 2.05) is 62.4 Å². The number of hydrogen-bond donors (Lipinski definition) is 0. The molecule has 1 aliphatic heterocycles. The molecule has 0 bridgehead atoms. The molecule has 0 spiro atoms. The van der Waals surface area contributed by atoms with Crippen LogP contribution in [0.5, 0.6) is 23.0 Å². The van der Waals surface area contributed by atoms with Crippen molar-refractivity contribution >= 4 is 22.7 Å². The minimum atomic E-state index is 0.0481. The molecule has 0 amide bonds. The Morgan fingerprint density at radius 2 is 1.18 bits per heavy atom. The van der Waals surface area contributed by atoms with Gasteiger partial charge in [-0.2, -0.15) is 0 Å². The van der Waals surface area contributed by atoms with Crippen LogP contribution in [0.2, 0.25) is 0 Å². The average molecular weight is 523 g/mol. The van der Waals surface area contributed by atoms with Crippen LogP contribution in [0.4, 0.5) is 22.7 Å². The summed E-state index contributed by atoms with van der Waals surface area (Å²) in [5, 5.41) is 0. The van der Waals surface area contributed by atoms with E-state index in [1.54, 1.807) is 7.11 Å². The Morgan fingerprint density at radius 1 is 0.564 bits per heavy atom. The van der Waals surface area contributed by atoms with Gasteiger partial charge in [0.05, 0.1) is 41.5 Å². The summed E-state index contributed by atoms with van der Waals surface area (Å²) in [5.41, 5.74) is 6.62. The summed E-state index contributed by atoms with van der Waals surface area (Å²) in [7, 11) is 1.71. The molecule has 0 aromatic heterocycles. The van der Waals surface area contributed by atoms with E-state index in [4.69, 9.17) is 14.2 Å². The molecule has 202 valence electrons. The second kappa shape index (κ2) is 10.9. The lowest BCUT2D eigenvalue weighted by Crippen LogP contribution is -2.36. The van der Waals surface area contributed by atoms with Crippen LogP contribution in [0.3, 0.4) is 0 Å².